The molecule has 1 amide bonds. The molecule has 0 unspecified atom stereocenters. The summed E-state index contributed by atoms with van der Waals surface area (Å²) in [5.41, 5.74) is 3.47. The van der Waals surface area contributed by atoms with Crippen molar-refractivity contribution in [2.75, 3.05) is 12.0 Å². The van der Waals surface area contributed by atoms with Crippen molar-refractivity contribution in [2.24, 2.45) is 0 Å². The fourth-order valence-corrected chi connectivity index (χ4v) is 5.66. The number of methoxy groups -OCH3 is 1. The lowest BCUT2D eigenvalue weighted by Gasteiger charge is -2.23. The Kier molecular flexibility index (Phi) is 6.08. The van der Waals surface area contributed by atoms with Gasteiger partial charge in [-0.1, -0.05) is 29.5 Å². The number of thiazole rings is 1. The third kappa shape index (κ3) is 4.17. The van der Waals surface area contributed by atoms with Gasteiger partial charge in [0.1, 0.15) is 11.6 Å². The molecule has 0 radical (unpaired) electrons. The van der Waals surface area contributed by atoms with Gasteiger partial charge in [-0.2, -0.15) is 0 Å². The number of fused-ring (bicyclic) bond motifs is 1. The second-order valence-corrected chi connectivity index (χ2v) is 9.72. The van der Waals surface area contributed by atoms with E-state index in [0.29, 0.717) is 16.2 Å². The molecular formula is C28H21FN2O5S. The van der Waals surface area contributed by atoms with Crippen molar-refractivity contribution in [3.8, 4) is 0 Å². The zero-order chi connectivity index (χ0) is 26.4. The molecule has 0 spiro atoms. The quantitative estimate of drug-likeness (QED) is 0.167. The molecule has 0 aliphatic carbocycles. The van der Waals surface area contributed by atoms with E-state index in [4.69, 9.17) is 4.74 Å². The molecule has 1 aromatic heterocycles. The first kappa shape index (κ1) is 24.3. The van der Waals surface area contributed by atoms with Crippen LogP contribution in [0.1, 0.15) is 38.7 Å². The maximum Gasteiger partial charge on any atom is 0.337 e. The van der Waals surface area contributed by atoms with Crippen LogP contribution in [-0.4, -0.2) is 34.9 Å². The molecule has 9 heteroatoms. The number of hydrogen-bond donors (Lipinski definition) is 1. The number of benzene rings is 3. The number of hydrogen-bond acceptors (Lipinski definition) is 7. The van der Waals surface area contributed by atoms with E-state index >= 15 is 0 Å². The average Bonchev–Trinajstić information content (AvgIpc) is 3.42. The highest BCUT2D eigenvalue weighted by Crippen LogP contribution is 2.44. The molecule has 2 heterocycles. The van der Waals surface area contributed by atoms with Gasteiger partial charge >= 0.3 is 11.9 Å². The lowest BCUT2D eigenvalue weighted by molar-refractivity contribution is -0.132. The average molecular weight is 517 g/mol. The molecule has 1 saturated heterocycles. The Morgan fingerprint density at radius 1 is 1.03 bits per heavy atom. The monoisotopic (exact) mass is 516 g/mol. The van der Waals surface area contributed by atoms with E-state index in [2.05, 4.69) is 4.98 Å². The number of halogens is 1. The van der Waals surface area contributed by atoms with Gasteiger partial charge in [-0.3, -0.25) is 14.5 Å². The standard InChI is InChI=1S/C28H21FN2O5S/c1-14-12-15(2)22-20(13-14)37-28(30-22)31-23(16-4-6-18(7-5-16)27(35)36-3)21(25(33)26(31)34)24(32)17-8-10-19(29)11-9-17/h4-13,23,32H,1-3H3/t23-/m1/s1. The van der Waals surface area contributed by atoms with E-state index in [-0.39, 0.29) is 16.7 Å². The highest BCUT2D eigenvalue weighted by molar-refractivity contribution is 7.22. The summed E-state index contributed by atoms with van der Waals surface area (Å²) in [7, 11) is 1.27. The SMILES string of the molecule is COC(=O)c1ccc([C@@H]2C(=C(O)c3ccc(F)cc3)C(=O)C(=O)N2c2nc3c(C)cc(C)cc3s2)cc1. The number of anilines is 1. The number of carbonyl (C=O) groups is 3. The number of ether oxygens (including phenoxy) is 1. The van der Waals surface area contributed by atoms with Gasteiger partial charge in [0.25, 0.3) is 5.78 Å². The Hall–Kier alpha value is -4.37. The van der Waals surface area contributed by atoms with Crippen LogP contribution in [0.25, 0.3) is 16.0 Å². The number of aliphatic hydroxyl groups excluding tert-OH is 1. The maximum atomic E-state index is 13.5. The normalized spacial score (nSPS) is 17.0. The number of amides is 1. The van der Waals surface area contributed by atoms with E-state index in [1.165, 1.54) is 47.6 Å². The minimum Gasteiger partial charge on any atom is -0.507 e. The predicted molar refractivity (Wildman–Crippen MR) is 138 cm³/mol. The summed E-state index contributed by atoms with van der Waals surface area (Å²) >= 11 is 1.26. The number of nitrogens with zero attached hydrogens (tertiary/aromatic N) is 2. The molecule has 3 aromatic carbocycles. The Labute approximate surface area is 215 Å². The Balaban J connectivity index is 1.72. The molecule has 5 rings (SSSR count). The van der Waals surface area contributed by atoms with Crippen LogP contribution >= 0.6 is 11.3 Å². The fraction of sp³-hybridized carbons (Fsp3) is 0.143. The van der Waals surface area contributed by atoms with Crippen LogP contribution < -0.4 is 4.90 Å². The smallest absolute Gasteiger partial charge is 0.337 e. The van der Waals surface area contributed by atoms with Crippen molar-refractivity contribution in [3.63, 3.8) is 0 Å². The molecule has 0 bridgehead atoms. The zero-order valence-corrected chi connectivity index (χ0v) is 20.9. The summed E-state index contributed by atoms with van der Waals surface area (Å²) in [5.74, 6) is -3.22. The molecule has 4 aromatic rings. The third-order valence-electron chi connectivity index (χ3n) is 6.23. The van der Waals surface area contributed by atoms with Crippen LogP contribution in [-0.2, 0) is 14.3 Å². The first-order valence-corrected chi connectivity index (χ1v) is 12.1. The lowest BCUT2D eigenvalue weighted by Crippen LogP contribution is -2.29. The number of Topliss-reactive ketones (excluding diaryl/α,β-unsaturated/α-hetero) is 1. The molecular weight excluding hydrogens is 495 g/mol. The van der Waals surface area contributed by atoms with E-state index in [9.17, 15) is 23.9 Å². The summed E-state index contributed by atoms with van der Waals surface area (Å²) < 4.78 is 19.1. The molecule has 186 valence electrons. The van der Waals surface area contributed by atoms with Crippen molar-refractivity contribution in [1.82, 2.24) is 4.98 Å². The summed E-state index contributed by atoms with van der Waals surface area (Å²) in [6.07, 6.45) is 0. The fourth-order valence-electron chi connectivity index (χ4n) is 4.49. The summed E-state index contributed by atoms with van der Waals surface area (Å²) in [5, 5.41) is 11.5. The van der Waals surface area contributed by atoms with Crippen molar-refractivity contribution < 1.29 is 28.6 Å². The number of aliphatic hydroxyl groups is 1. The summed E-state index contributed by atoms with van der Waals surface area (Å²) in [4.78, 5) is 44.6. The predicted octanol–water partition coefficient (Wildman–Crippen LogP) is 5.47. The largest absolute Gasteiger partial charge is 0.507 e. The van der Waals surface area contributed by atoms with E-state index < -0.39 is 35.3 Å². The minimum atomic E-state index is -1.03. The lowest BCUT2D eigenvalue weighted by atomic mass is 9.95. The number of ketones is 1. The van der Waals surface area contributed by atoms with Crippen LogP contribution in [0.2, 0.25) is 0 Å². The molecule has 7 nitrogen and oxygen atoms in total. The molecule has 37 heavy (non-hydrogen) atoms. The number of aryl methyl sites for hydroxylation is 2. The van der Waals surface area contributed by atoms with E-state index in [1.807, 2.05) is 26.0 Å². The van der Waals surface area contributed by atoms with Crippen LogP contribution in [0, 0.1) is 19.7 Å². The number of rotatable bonds is 4. The first-order valence-electron chi connectivity index (χ1n) is 11.3. The van der Waals surface area contributed by atoms with E-state index in [0.717, 1.165) is 28.0 Å². The van der Waals surface area contributed by atoms with Crippen molar-refractivity contribution in [3.05, 3.63) is 99.9 Å². The van der Waals surface area contributed by atoms with Gasteiger partial charge in [0, 0.05) is 5.56 Å². The summed E-state index contributed by atoms with van der Waals surface area (Å²) in [6.45, 7) is 3.88. The topological polar surface area (TPSA) is 96.8 Å². The maximum absolute atomic E-state index is 13.5. The molecule has 0 saturated carbocycles. The van der Waals surface area contributed by atoms with Gasteiger partial charge in [0.05, 0.1) is 34.5 Å². The van der Waals surface area contributed by atoms with Gasteiger partial charge in [-0.05, 0) is 73.0 Å². The van der Waals surface area contributed by atoms with Crippen LogP contribution in [0.4, 0.5) is 9.52 Å². The van der Waals surface area contributed by atoms with Crippen molar-refractivity contribution in [1.29, 1.82) is 0 Å². The van der Waals surface area contributed by atoms with Gasteiger partial charge < -0.3 is 9.84 Å². The highest BCUT2D eigenvalue weighted by Gasteiger charge is 2.48. The van der Waals surface area contributed by atoms with Crippen LogP contribution in [0.5, 0.6) is 0 Å². The minimum absolute atomic E-state index is 0.158. The van der Waals surface area contributed by atoms with Gasteiger partial charge in [-0.25, -0.2) is 14.2 Å². The molecule has 1 fully saturated rings. The van der Waals surface area contributed by atoms with Gasteiger partial charge in [0.15, 0.2) is 5.13 Å². The van der Waals surface area contributed by atoms with Gasteiger partial charge in [-0.15, -0.1) is 0 Å². The van der Waals surface area contributed by atoms with Gasteiger partial charge in [0.2, 0.25) is 0 Å². The zero-order valence-electron chi connectivity index (χ0n) is 20.1. The first-order chi connectivity index (χ1) is 17.7. The van der Waals surface area contributed by atoms with E-state index in [1.54, 1.807) is 12.1 Å². The van der Waals surface area contributed by atoms with Crippen molar-refractivity contribution >= 4 is 50.1 Å². The molecule has 1 atom stereocenters. The van der Waals surface area contributed by atoms with Crippen LogP contribution in [0.15, 0.2) is 66.2 Å². The summed E-state index contributed by atoms with van der Waals surface area (Å²) in [6, 6.07) is 14.1. The second kappa shape index (κ2) is 9.25. The Morgan fingerprint density at radius 3 is 2.32 bits per heavy atom. The van der Waals surface area contributed by atoms with Crippen LogP contribution in [0.3, 0.4) is 0 Å². The third-order valence-corrected chi connectivity index (χ3v) is 7.24. The molecule has 1 N–H and O–H groups in total. The Morgan fingerprint density at radius 2 is 1.68 bits per heavy atom. The molecule has 1 aliphatic heterocycles. The second-order valence-electron chi connectivity index (χ2n) is 8.71. The highest BCUT2D eigenvalue weighted by atomic mass is 32.1. The Bertz CT molecular complexity index is 1610. The number of esters is 1. The number of aromatic nitrogens is 1. The molecule has 1 aliphatic rings. The van der Waals surface area contributed by atoms with Crippen molar-refractivity contribution in [2.45, 2.75) is 19.9 Å². The number of carbonyl (C=O) groups excluding carboxylic acids is 3.